The Morgan fingerprint density at radius 3 is 2.69 bits per heavy atom. The molecule has 0 saturated carbocycles. The molecule has 1 aromatic carbocycles. The van der Waals surface area contributed by atoms with E-state index in [1.165, 1.54) is 25.1 Å². The van der Waals surface area contributed by atoms with Crippen LogP contribution in [0.1, 0.15) is 18.5 Å². The van der Waals surface area contributed by atoms with E-state index in [9.17, 15) is 9.18 Å². The van der Waals surface area contributed by atoms with Crippen LogP contribution in [0.25, 0.3) is 0 Å². The predicted octanol–water partition coefficient (Wildman–Crippen LogP) is 2.18. The summed E-state index contributed by atoms with van der Waals surface area (Å²) in [6.45, 7) is 1.40. The number of halogens is 2. The minimum Gasteiger partial charge on any atom is -0.318 e. The molecule has 0 spiro atoms. The second kappa shape index (κ2) is 3.98. The Morgan fingerprint density at radius 2 is 2.23 bits per heavy atom. The summed E-state index contributed by atoms with van der Waals surface area (Å²) in [5, 5.41) is 0. The van der Waals surface area contributed by atoms with Gasteiger partial charge in [0, 0.05) is 4.47 Å². The number of rotatable bonds is 2. The first-order valence-electron chi connectivity index (χ1n) is 3.73. The van der Waals surface area contributed by atoms with Gasteiger partial charge in [0.2, 0.25) is 0 Å². The SMILES string of the molecule is CC(=O)C(N)c1ccc(F)cc1Br. The van der Waals surface area contributed by atoms with Crippen LogP contribution in [0.15, 0.2) is 22.7 Å². The first-order chi connectivity index (χ1) is 6.02. The van der Waals surface area contributed by atoms with Crippen molar-refractivity contribution in [2.24, 2.45) is 5.73 Å². The summed E-state index contributed by atoms with van der Waals surface area (Å²) in [5.74, 6) is -0.501. The monoisotopic (exact) mass is 245 g/mol. The van der Waals surface area contributed by atoms with Crippen LogP contribution in [0, 0.1) is 5.82 Å². The van der Waals surface area contributed by atoms with Crippen molar-refractivity contribution in [1.29, 1.82) is 0 Å². The maximum absolute atomic E-state index is 12.7. The molecule has 0 saturated heterocycles. The van der Waals surface area contributed by atoms with E-state index in [4.69, 9.17) is 5.73 Å². The van der Waals surface area contributed by atoms with Crippen LogP contribution in [-0.2, 0) is 4.79 Å². The quantitative estimate of drug-likeness (QED) is 0.868. The maximum Gasteiger partial charge on any atom is 0.151 e. The molecular formula is C9H9BrFNO. The van der Waals surface area contributed by atoms with Crippen molar-refractivity contribution < 1.29 is 9.18 Å². The fourth-order valence-corrected chi connectivity index (χ4v) is 1.57. The fourth-order valence-electron chi connectivity index (χ4n) is 0.973. The van der Waals surface area contributed by atoms with Gasteiger partial charge in [-0.3, -0.25) is 4.79 Å². The van der Waals surface area contributed by atoms with E-state index in [-0.39, 0.29) is 11.6 Å². The lowest BCUT2D eigenvalue weighted by molar-refractivity contribution is -0.118. The summed E-state index contributed by atoms with van der Waals surface area (Å²) < 4.78 is 13.2. The molecule has 4 heteroatoms. The second-order valence-corrected chi connectivity index (χ2v) is 3.61. The molecule has 0 aliphatic heterocycles. The molecule has 13 heavy (non-hydrogen) atoms. The average Bonchev–Trinajstić information content (AvgIpc) is 2.03. The highest BCUT2D eigenvalue weighted by atomic mass is 79.9. The Kier molecular flexibility index (Phi) is 3.17. The van der Waals surface area contributed by atoms with Crippen LogP contribution in [0.5, 0.6) is 0 Å². The molecule has 0 amide bonds. The minimum atomic E-state index is -0.685. The molecule has 2 nitrogen and oxygen atoms in total. The standard InChI is InChI=1S/C9H9BrFNO/c1-5(13)9(12)7-3-2-6(11)4-8(7)10/h2-4,9H,12H2,1H3. The Morgan fingerprint density at radius 1 is 1.62 bits per heavy atom. The van der Waals surface area contributed by atoms with E-state index in [0.717, 1.165) is 0 Å². The molecule has 0 radical (unpaired) electrons. The zero-order chi connectivity index (χ0) is 10.0. The van der Waals surface area contributed by atoms with Gasteiger partial charge in [-0.2, -0.15) is 0 Å². The molecule has 0 aromatic heterocycles. The third kappa shape index (κ3) is 2.35. The summed E-state index contributed by atoms with van der Waals surface area (Å²) >= 11 is 3.14. The Bertz CT molecular complexity index is 340. The molecule has 1 rings (SSSR count). The molecule has 70 valence electrons. The van der Waals surface area contributed by atoms with E-state index >= 15 is 0 Å². The van der Waals surface area contributed by atoms with Gasteiger partial charge in [0.05, 0.1) is 6.04 Å². The van der Waals surface area contributed by atoms with Gasteiger partial charge in [-0.1, -0.05) is 22.0 Å². The van der Waals surface area contributed by atoms with Crippen molar-refractivity contribution in [2.75, 3.05) is 0 Å². The Balaban J connectivity index is 3.08. The number of carbonyl (C=O) groups excluding carboxylic acids is 1. The number of hydrogen-bond acceptors (Lipinski definition) is 2. The smallest absolute Gasteiger partial charge is 0.151 e. The first kappa shape index (κ1) is 10.3. The van der Waals surface area contributed by atoms with Crippen LogP contribution in [0.4, 0.5) is 4.39 Å². The second-order valence-electron chi connectivity index (χ2n) is 2.75. The Labute approximate surface area is 84.1 Å². The zero-order valence-corrected chi connectivity index (χ0v) is 8.64. The number of nitrogens with two attached hydrogens (primary N) is 1. The van der Waals surface area contributed by atoms with Crippen molar-refractivity contribution in [3.8, 4) is 0 Å². The molecule has 0 aliphatic carbocycles. The van der Waals surface area contributed by atoms with Gasteiger partial charge in [0.15, 0.2) is 5.78 Å². The van der Waals surface area contributed by atoms with Gasteiger partial charge in [0.1, 0.15) is 5.82 Å². The summed E-state index contributed by atoms with van der Waals surface area (Å²) in [6, 6.07) is 3.39. The van der Waals surface area contributed by atoms with Gasteiger partial charge in [0.25, 0.3) is 0 Å². The molecule has 0 bridgehead atoms. The van der Waals surface area contributed by atoms with Crippen molar-refractivity contribution in [1.82, 2.24) is 0 Å². The number of Topliss-reactive ketones (excluding diaryl/α,β-unsaturated/α-hetero) is 1. The van der Waals surface area contributed by atoms with Crippen LogP contribution >= 0.6 is 15.9 Å². The molecule has 0 heterocycles. The number of benzene rings is 1. The lowest BCUT2D eigenvalue weighted by atomic mass is 10.1. The van der Waals surface area contributed by atoms with Gasteiger partial charge >= 0.3 is 0 Å². The Hall–Kier alpha value is -0.740. The minimum absolute atomic E-state index is 0.146. The molecule has 1 atom stereocenters. The van der Waals surface area contributed by atoms with Crippen LogP contribution < -0.4 is 5.73 Å². The van der Waals surface area contributed by atoms with Crippen molar-refractivity contribution >= 4 is 21.7 Å². The molecule has 1 aromatic rings. The molecule has 1 unspecified atom stereocenters. The largest absolute Gasteiger partial charge is 0.318 e. The topological polar surface area (TPSA) is 43.1 Å². The van der Waals surface area contributed by atoms with E-state index < -0.39 is 6.04 Å². The van der Waals surface area contributed by atoms with Crippen LogP contribution in [0.2, 0.25) is 0 Å². The molecular weight excluding hydrogens is 237 g/mol. The fraction of sp³-hybridized carbons (Fsp3) is 0.222. The lowest BCUT2D eigenvalue weighted by Gasteiger charge is -2.09. The summed E-state index contributed by atoms with van der Waals surface area (Å²) in [6.07, 6.45) is 0. The third-order valence-corrected chi connectivity index (χ3v) is 2.42. The molecule has 0 fully saturated rings. The van der Waals surface area contributed by atoms with Crippen molar-refractivity contribution in [3.05, 3.63) is 34.1 Å². The van der Waals surface area contributed by atoms with Gasteiger partial charge in [-0.05, 0) is 24.6 Å². The van der Waals surface area contributed by atoms with E-state index in [0.29, 0.717) is 10.0 Å². The highest BCUT2D eigenvalue weighted by Crippen LogP contribution is 2.23. The summed E-state index contributed by atoms with van der Waals surface area (Å²) in [7, 11) is 0. The molecule has 0 aliphatic rings. The van der Waals surface area contributed by atoms with Gasteiger partial charge < -0.3 is 5.73 Å². The normalized spacial score (nSPS) is 12.6. The van der Waals surface area contributed by atoms with E-state index in [1.807, 2.05) is 0 Å². The lowest BCUT2D eigenvalue weighted by Crippen LogP contribution is -2.18. The average molecular weight is 246 g/mol. The predicted molar refractivity (Wildman–Crippen MR) is 51.7 cm³/mol. The van der Waals surface area contributed by atoms with E-state index in [1.54, 1.807) is 0 Å². The summed E-state index contributed by atoms with van der Waals surface area (Å²) in [4.78, 5) is 10.9. The van der Waals surface area contributed by atoms with Crippen molar-refractivity contribution in [2.45, 2.75) is 13.0 Å². The number of ketones is 1. The third-order valence-electron chi connectivity index (χ3n) is 1.74. The molecule has 2 N–H and O–H groups in total. The van der Waals surface area contributed by atoms with E-state index in [2.05, 4.69) is 15.9 Å². The zero-order valence-electron chi connectivity index (χ0n) is 7.05. The summed E-state index contributed by atoms with van der Waals surface area (Å²) in [5.41, 5.74) is 6.19. The van der Waals surface area contributed by atoms with Crippen molar-refractivity contribution in [3.63, 3.8) is 0 Å². The highest BCUT2D eigenvalue weighted by molar-refractivity contribution is 9.10. The first-order valence-corrected chi connectivity index (χ1v) is 4.52. The van der Waals surface area contributed by atoms with Gasteiger partial charge in [-0.15, -0.1) is 0 Å². The highest BCUT2D eigenvalue weighted by Gasteiger charge is 2.14. The number of carbonyl (C=O) groups is 1. The van der Waals surface area contributed by atoms with Crippen LogP contribution in [-0.4, -0.2) is 5.78 Å². The maximum atomic E-state index is 12.7. The van der Waals surface area contributed by atoms with Crippen LogP contribution in [0.3, 0.4) is 0 Å². The van der Waals surface area contributed by atoms with Gasteiger partial charge in [-0.25, -0.2) is 4.39 Å². The number of hydrogen-bond donors (Lipinski definition) is 1.